The highest BCUT2D eigenvalue weighted by molar-refractivity contribution is 6.42. The van der Waals surface area contributed by atoms with Crippen molar-refractivity contribution in [3.05, 3.63) is 83.5 Å². The second-order valence-corrected chi connectivity index (χ2v) is 13.8. The van der Waals surface area contributed by atoms with Crippen LogP contribution in [0.3, 0.4) is 0 Å². The van der Waals surface area contributed by atoms with Crippen molar-refractivity contribution in [3.63, 3.8) is 0 Å². The van der Waals surface area contributed by atoms with E-state index in [2.05, 4.69) is 26.9 Å². The molecule has 1 saturated heterocycles. The number of hydrogen-bond donors (Lipinski definition) is 0. The summed E-state index contributed by atoms with van der Waals surface area (Å²) in [5.41, 5.74) is 1.36. The van der Waals surface area contributed by atoms with Crippen molar-refractivity contribution in [2.24, 2.45) is 5.92 Å². The molecule has 1 saturated carbocycles. The van der Waals surface area contributed by atoms with Gasteiger partial charge in [0, 0.05) is 61.5 Å². The second kappa shape index (κ2) is 14.1. The molecule has 51 heavy (non-hydrogen) atoms. The third-order valence-corrected chi connectivity index (χ3v) is 10.4. The summed E-state index contributed by atoms with van der Waals surface area (Å²) in [7, 11) is 3.47. The number of methoxy groups -OCH3 is 1. The largest absolute Gasteiger partial charge is 0.493 e. The zero-order chi connectivity index (χ0) is 35.1. The van der Waals surface area contributed by atoms with E-state index >= 15 is 0 Å². The fraction of sp³-hybridized carbons (Fsp3) is 0.359. The van der Waals surface area contributed by atoms with Crippen LogP contribution in [0.25, 0.3) is 37.8 Å². The van der Waals surface area contributed by atoms with E-state index in [0.29, 0.717) is 51.9 Å². The third kappa shape index (κ3) is 6.73. The van der Waals surface area contributed by atoms with E-state index in [1.807, 2.05) is 42.6 Å². The minimum Gasteiger partial charge on any atom is -0.493 e. The molecule has 2 aliphatic rings. The molecule has 264 valence electrons. The molecule has 1 atom stereocenters. The zero-order valence-electron chi connectivity index (χ0n) is 28.6. The van der Waals surface area contributed by atoms with E-state index in [1.54, 1.807) is 10.6 Å². The molecule has 0 radical (unpaired) electrons. The summed E-state index contributed by atoms with van der Waals surface area (Å²) in [6.07, 6.45) is 4.74. The van der Waals surface area contributed by atoms with Crippen LogP contribution < -0.4 is 14.2 Å². The Hall–Kier alpha value is -4.71. The number of fused-ring (bicyclic) bond motifs is 8. The Kier molecular flexibility index (Phi) is 9.26. The standard InChI is InChI=1S/C39H39ClFN5O5/c1-44-13-15-45(16-14-44)17-18-49-32-12-11-28-34(36(32)40)29-20-26(41)9-10-27(29)30-21-46-37(35(28)30)38(42-23-43-46)51-33(39(47)48-2)19-25-5-3-4-6-31(25)50-22-24-7-8-24/h3-6,9-12,20-21,23-24,33H,7-8,13-19,22H2,1-2H3/t33-/m1/s1. The number of aromatic nitrogens is 3. The van der Waals surface area contributed by atoms with Gasteiger partial charge >= 0.3 is 5.97 Å². The maximum Gasteiger partial charge on any atom is 0.347 e. The lowest BCUT2D eigenvalue weighted by molar-refractivity contribution is -0.148. The Morgan fingerprint density at radius 1 is 0.961 bits per heavy atom. The lowest BCUT2D eigenvalue weighted by Crippen LogP contribution is -2.45. The van der Waals surface area contributed by atoms with Crippen LogP contribution in [0.2, 0.25) is 5.02 Å². The van der Waals surface area contributed by atoms with Crippen molar-refractivity contribution < 1.29 is 28.1 Å². The highest BCUT2D eigenvalue weighted by atomic mass is 35.5. The predicted octanol–water partition coefficient (Wildman–Crippen LogP) is 6.56. The fourth-order valence-corrected chi connectivity index (χ4v) is 7.27. The van der Waals surface area contributed by atoms with Crippen LogP contribution in [0.15, 0.2) is 67.1 Å². The van der Waals surface area contributed by atoms with Crippen molar-refractivity contribution in [3.8, 4) is 17.4 Å². The Morgan fingerprint density at radius 3 is 2.57 bits per heavy atom. The first kappa shape index (κ1) is 33.4. The number of nitrogens with zero attached hydrogens (tertiary/aromatic N) is 5. The molecule has 10 nitrogen and oxygen atoms in total. The van der Waals surface area contributed by atoms with Crippen molar-refractivity contribution in [1.82, 2.24) is 24.4 Å². The highest BCUT2D eigenvalue weighted by Gasteiger charge is 2.28. The molecule has 0 bridgehead atoms. The van der Waals surface area contributed by atoms with E-state index in [1.165, 1.54) is 38.4 Å². The van der Waals surface area contributed by atoms with Crippen LogP contribution in [0, 0.1) is 11.7 Å². The number of ether oxygens (including phenoxy) is 4. The van der Waals surface area contributed by atoms with Crippen LogP contribution in [-0.2, 0) is 16.0 Å². The fourth-order valence-electron chi connectivity index (χ4n) is 6.95. The molecular formula is C39H39ClFN5O5. The Labute approximate surface area is 299 Å². The van der Waals surface area contributed by atoms with Gasteiger partial charge in [0.15, 0.2) is 0 Å². The number of likely N-dealkylation sites (N-methyl/N-ethyl adjacent to an activating group) is 1. The molecule has 1 aliphatic heterocycles. The molecular weight excluding hydrogens is 673 g/mol. The van der Waals surface area contributed by atoms with Crippen LogP contribution in [-0.4, -0.2) is 96.6 Å². The van der Waals surface area contributed by atoms with Crippen molar-refractivity contribution in [1.29, 1.82) is 0 Å². The molecule has 1 aliphatic carbocycles. The number of halogens is 2. The Bertz CT molecular complexity index is 2250. The quantitative estimate of drug-likeness (QED) is 0.103. The second-order valence-electron chi connectivity index (χ2n) is 13.5. The maximum absolute atomic E-state index is 14.9. The number of carbonyl (C=O) groups excluding carboxylic acids is 1. The molecule has 8 rings (SSSR count). The van der Waals surface area contributed by atoms with Gasteiger partial charge < -0.3 is 23.8 Å². The van der Waals surface area contributed by atoms with Crippen molar-refractivity contribution in [2.45, 2.75) is 25.4 Å². The molecule has 0 unspecified atom stereocenters. The first-order valence-electron chi connectivity index (χ1n) is 17.4. The lowest BCUT2D eigenvalue weighted by atomic mass is 9.95. The third-order valence-electron chi connectivity index (χ3n) is 9.99. The van der Waals surface area contributed by atoms with E-state index in [9.17, 15) is 9.18 Å². The molecule has 4 aromatic carbocycles. The number of rotatable bonds is 12. The van der Waals surface area contributed by atoms with E-state index in [-0.39, 0.29) is 18.1 Å². The summed E-state index contributed by atoms with van der Waals surface area (Å²) in [5, 5.41) is 9.26. The summed E-state index contributed by atoms with van der Waals surface area (Å²) >= 11 is 7.16. The summed E-state index contributed by atoms with van der Waals surface area (Å²) < 4.78 is 40.6. The summed E-state index contributed by atoms with van der Waals surface area (Å²) in [4.78, 5) is 22.5. The van der Waals surface area contributed by atoms with Crippen molar-refractivity contribution >= 4 is 55.4 Å². The SMILES string of the molecule is COC(=O)[C@@H](Cc1ccccc1OCC1CC1)Oc1ncnn2cc3c4ccc(F)cc4c4c(Cl)c(OCCN5CCN(C)CC5)ccc4c3c12. The molecule has 0 amide bonds. The average Bonchev–Trinajstić information content (AvgIpc) is 3.89. The number of piperazine rings is 1. The molecule has 0 N–H and O–H groups in total. The van der Waals surface area contributed by atoms with Gasteiger partial charge in [0.2, 0.25) is 12.0 Å². The summed E-state index contributed by atoms with van der Waals surface area (Å²) in [5.74, 6) is 1.07. The van der Waals surface area contributed by atoms with Gasteiger partial charge in [-0.05, 0) is 77.9 Å². The maximum atomic E-state index is 14.9. The minimum absolute atomic E-state index is 0.193. The number of benzene rings is 4. The monoisotopic (exact) mass is 711 g/mol. The van der Waals surface area contributed by atoms with Gasteiger partial charge in [-0.25, -0.2) is 13.7 Å². The number of carbonyl (C=O) groups is 1. The molecule has 12 heteroatoms. The Balaban J connectivity index is 1.20. The van der Waals surface area contributed by atoms with Gasteiger partial charge in [-0.3, -0.25) is 4.90 Å². The van der Waals surface area contributed by atoms with Gasteiger partial charge in [-0.2, -0.15) is 10.1 Å². The van der Waals surface area contributed by atoms with Crippen LogP contribution in [0.4, 0.5) is 4.39 Å². The predicted molar refractivity (Wildman–Crippen MR) is 195 cm³/mol. The van der Waals surface area contributed by atoms with E-state index in [0.717, 1.165) is 59.8 Å². The topological polar surface area (TPSA) is 90.7 Å². The average molecular weight is 712 g/mol. The summed E-state index contributed by atoms with van der Waals surface area (Å²) in [6, 6.07) is 16.1. The van der Waals surface area contributed by atoms with Crippen LogP contribution in [0.1, 0.15) is 18.4 Å². The molecule has 6 aromatic rings. The molecule has 2 fully saturated rings. The molecule has 2 aromatic heterocycles. The summed E-state index contributed by atoms with van der Waals surface area (Å²) in [6.45, 7) is 5.89. The van der Waals surface area contributed by atoms with E-state index in [4.69, 9.17) is 30.5 Å². The normalized spacial score (nSPS) is 16.2. The smallest absolute Gasteiger partial charge is 0.347 e. The van der Waals surface area contributed by atoms with Gasteiger partial charge in [0.05, 0.1) is 18.7 Å². The Morgan fingerprint density at radius 2 is 1.76 bits per heavy atom. The number of esters is 1. The minimum atomic E-state index is -1.03. The van der Waals surface area contributed by atoms with Crippen molar-refractivity contribution in [2.75, 3.05) is 60.1 Å². The molecule has 3 heterocycles. The van der Waals surface area contributed by atoms with Gasteiger partial charge in [-0.15, -0.1) is 0 Å². The van der Waals surface area contributed by atoms with Gasteiger partial charge in [0.1, 0.15) is 35.8 Å². The number of hydrogen-bond acceptors (Lipinski definition) is 9. The first-order valence-corrected chi connectivity index (χ1v) is 17.7. The van der Waals surface area contributed by atoms with Gasteiger partial charge in [-0.1, -0.05) is 35.9 Å². The van der Waals surface area contributed by atoms with Crippen LogP contribution >= 0.6 is 11.6 Å². The van der Waals surface area contributed by atoms with Gasteiger partial charge in [0.25, 0.3) is 0 Å². The molecule has 0 spiro atoms. The lowest BCUT2D eigenvalue weighted by Gasteiger charge is -2.32. The number of para-hydroxylation sites is 1. The zero-order valence-corrected chi connectivity index (χ0v) is 29.4. The first-order chi connectivity index (χ1) is 24.9. The van der Waals surface area contributed by atoms with E-state index < -0.39 is 12.1 Å². The highest BCUT2D eigenvalue weighted by Crippen LogP contribution is 2.45. The van der Waals surface area contributed by atoms with Crippen LogP contribution in [0.5, 0.6) is 17.4 Å².